The first-order valence-corrected chi connectivity index (χ1v) is 6.64. The number of hydrogen-bond donors (Lipinski definition) is 1. The molecule has 0 unspecified atom stereocenters. The molecule has 0 fully saturated rings. The Morgan fingerprint density at radius 2 is 2.06 bits per heavy atom. The number of carboxylic acids is 1. The second-order valence-electron chi connectivity index (χ2n) is 3.07. The fraction of sp³-hybridized carbons (Fsp3) is 0.0909. The summed E-state index contributed by atoms with van der Waals surface area (Å²) >= 11 is 2.82. The highest BCUT2D eigenvalue weighted by atomic mass is 32.2. The minimum atomic E-state index is -0.975. The van der Waals surface area contributed by atoms with E-state index in [2.05, 4.69) is 4.98 Å². The Labute approximate surface area is 101 Å². The van der Waals surface area contributed by atoms with Crippen molar-refractivity contribution >= 4 is 29.1 Å². The molecule has 1 heterocycles. The summed E-state index contributed by atoms with van der Waals surface area (Å²) in [6.45, 7) is 0. The number of carboxylic acid groups (broad SMARTS) is 1. The van der Waals surface area contributed by atoms with Crippen molar-refractivity contribution < 1.29 is 9.90 Å². The summed E-state index contributed by atoms with van der Waals surface area (Å²) in [4.78, 5) is 15.9. The fourth-order valence-corrected chi connectivity index (χ4v) is 2.34. The first-order valence-electron chi connectivity index (χ1n) is 4.54. The van der Waals surface area contributed by atoms with Crippen LogP contribution in [0.3, 0.4) is 0 Å². The standard InChI is InChI=1S/C11H9NO2S2/c1-15-8-4-2-7(3-5-8)9-6-16-10(12-9)11(13)14/h2-6H,1H3,(H,13,14). The van der Waals surface area contributed by atoms with E-state index in [1.165, 1.54) is 4.90 Å². The summed E-state index contributed by atoms with van der Waals surface area (Å²) in [5.41, 5.74) is 1.66. The summed E-state index contributed by atoms with van der Waals surface area (Å²) < 4.78 is 0. The van der Waals surface area contributed by atoms with Gasteiger partial charge in [0.05, 0.1) is 5.69 Å². The van der Waals surface area contributed by atoms with Crippen LogP contribution in [0, 0.1) is 0 Å². The minimum Gasteiger partial charge on any atom is -0.476 e. The third-order valence-corrected chi connectivity index (χ3v) is 3.65. The first-order chi connectivity index (χ1) is 7.70. The summed E-state index contributed by atoms with van der Waals surface area (Å²) in [5.74, 6) is -0.975. The number of carbonyl (C=O) groups is 1. The van der Waals surface area contributed by atoms with Crippen molar-refractivity contribution in [3.63, 3.8) is 0 Å². The first kappa shape index (κ1) is 11.2. The van der Waals surface area contributed by atoms with Gasteiger partial charge in [-0.25, -0.2) is 9.78 Å². The lowest BCUT2D eigenvalue weighted by molar-refractivity contribution is 0.0696. The molecule has 16 heavy (non-hydrogen) atoms. The van der Waals surface area contributed by atoms with Crippen LogP contribution in [0.4, 0.5) is 0 Å². The summed E-state index contributed by atoms with van der Waals surface area (Å²) in [6, 6.07) is 7.90. The lowest BCUT2D eigenvalue weighted by Gasteiger charge is -1.98. The van der Waals surface area contributed by atoms with Gasteiger partial charge in [-0.05, 0) is 18.4 Å². The Hall–Kier alpha value is -1.33. The molecule has 0 aliphatic rings. The Balaban J connectivity index is 2.31. The molecule has 0 atom stereocenters. The van der Waals surface area contributed by atoms with Crippen LogP contribution >= 0.6 is 23.1 Å². The Bertz CT molecular complexity index is 505. The second-order valence-corrected chi connectivity index (χ2v) is 4.81. The fourth-order valence-electron chi connectivity index (χ4n) is 1.27. The quantitative estimate of drug-likeness (QED) is 0.851. The molecule has 0 aliphatic heterocycles. The van der Waals surface area contributed by atoms with Crippen LogP contribution < -0.4 is 0 Å². The van der Waals surface area contributed by atoms with Crippen LogP contribution in [0.1, 0.15) is 9.80 Å². The van der Waals surface area contributed by atoms with E-state index in [9.17, 15) is 4.79 Å². The topological polar surface area (TPSA) is 50.2 Å². The number of thioether (sulfide) groups is 1. The maximum absolute atomic E-state index is 10.7. The van der Waals surface area contributed by atoms with Crippen molar-refractivity contribution in [2.24, 2.45) is 0 Å². The lowest BCUT2D eigenvalue weighted by Crippen LogP contribution is -1.94. The van der Waals surface area contributed by atoms with E-state index in [1.807, 2.05) is 30.5 Å². The minimum absolute atomic E-state index is 0.129. The van der Waals surface area contributed by atoms with Gasteiger partial charge >= 0.3 is 5.97 Å². The van der Waals surface area contributed by atoms with Crippen LogP contribution in [0.25, 0.3) is 11.3 Å². The maximum atomic E-state index is 10.7. The number of aromatic carboxylic acids is 1. The van der Waals surface area contributed by atoms with Crippen LogP contribution in [0.2, 0.25) is 0 Å². The third kappa shape index (κ3) is 2.25. The molecular weight excluding hydrogens is 242 g/mol. The van der Waals surface area contributed by atoms with E-state index in [1.54, 1.807) is 17.1 Å². The molecule has 0 bridgehead atoms. The monoisotopic (exact) mass is 251 g/mol. The Kier molecular flexibility index (Phi) is 3.26. The molecule has 0 saturated carbocycles. The average Bonchev–Trinajstić information content (AvgIpc) is 2.78. The highest BCUT2D eigenvalue weighted by Gasteiger charge is 2.09. The second kappa shape index (κ2) is 4.67. The van der Waals surface area contributed by atoms with Crippen molar-refractivity contribution in [2.75, 3.05) is 6.26 Å². The predicted octanol–water partition coefficient (Wildman–Crippen LogP) is 3.23. The van der Waals surface area contributed by atoms with Crippen molar-refractivity contribution in [1.82, 2.24) is 4.98 Å². The van der Waals surface area contributed by atoms with Gasteiger partial charge in [0.25, 0.3) is 0 Å². The van der Waals surface area contributed by atoms with E-state index in [4.69, 9.17) is 5.11 Å². The van der Waals surface area contributed by atoms with Gasteiger partial charge in [0, 0.05) is 15.8 Å². The number of hydrogen-bond acceptors (Lipinski definition) is 4. The van der Waals surface area contributed by atoms with Crippen molar-refractivity contribution in [3.05, 3.63) is 34.7 Å². The Morgan fingerprint density at radius 3 is 2.56 bits per heavy atom. The summed E-state index contributed by atoms with van der Waals surface area (Å²) in [7, 11) is 0. The van der Waals surface area contributed by atoms with Gasteiger partial charge in [0.2, 0.25) is 5.01 Å². The predicted molar refractivity (Wildman–Crippen MR) is 66.3 cm³/mol. The molecule has 0 amide bonds. The lowest BCUT2D eigenvalue weighted by atomic mass is 10.2. The highest BCUT2D eigenvalue weighted by Crippen LogP contribution is 2.24. The SMILES string of the molecule is CSc1ccc(-c2csc(C(=O)O)n2)cc1. The van der Waals surface area contributed by atoms with Gasteiger partial charge in [-0.15, -0.1) is 23.1 Å². The molecule has 82 valence electrons. The van der Waals surface area contributed by atoms with Gasteiger partial charge in [-0.1, -0.05) is 12.1 Å². The van der Waals surface area contributed by atoms with Crippen LogP contribution in [-0.4, -0.2) is 22.3 Å². The van der Waals surface area contributed by atoms with E-state index < -0.39 is 5.97 Å². The highest BCUT2D eigenvalue weighted by molar-refractivity contribution is 7.98. The maximum Gasteiger partial charge on any atom is 0.365 e. The molecule has 0 radical (unpaired) electrons. The average molecular weight is 251 g/mol. The Morgan fingerprint density at radius 1 is 1.38 bits per heavy atom. The van der Waals surface area contributed by atoms with Gasteiger partial charge in [-0.3, -0.25) is 0 Å². The van der Waals surface area contributed by atoms with E-state index in [0.29, 0.717) is 0 Å². The number of nitrogens with zero attached hydrogens (tertiary/aromatic N) is 1. The molecular formula is C11H9NO2S2. The van der Waals surface area contributed by atoms with Crippen LogP contribution in [0.15, 0.2) is 34.5 Å². The third-order valence-electron chi connectivity index (χ3n) is 2.07. The molecule has 1 aromatic carbocycles. The zero-order chi connectivity index (χ0) is 11.5. The smallest absolute Gasteiger partial charge is 0.365 e. The molecule has 0 saturated heterocycles. The molecule has 5 heteroatoms. The molecule has 2 rings (SSSR count). The van der Waals surface area contributed by atoms with Crippen molar-refractivity contribution in [1.29, 1.82) is 0 Å². The van der Waals surface area contributed by atoms with E-state index in [0.717, 1.165) is 22.6 Å². The van der Waals surface area contributed by atoms with Gasteiger partial charge < -0.3 is 5.11 Å². The van der Waals surface area contributed by atoms with E-state index in [-0.39, 0.29) is 5.01 Å². The molecule has 0 aliphatic carbocycles. The van der Waals surface area contributed by atoms with Gasteiger partial charge in [0.15, 0.2) is 0 Å². The largest absolute Gasteiger partial charge is 0.476 e. The van der Waals surface area contributed by atoms with Gasteiger partial charge in [0.1, 0.15) is 0 Å². The number of aromatic nitrogens is 1. The van der Waals surface area contributed by atoms with Gasteiger partial charge in [-0.2, -0.15) is 0 Å². The zero-order valence-electron chi connectivity index (χ0n) is 8.51. The zero-order valence-corrected chi connectivity index (χ0v) is 10.1. The van der Waals surface area contributed by atoms with Crippen LogP contribution in [-0.2, 0) is 0 Å². The van der Waals surface area contributed by atoms with E-state index >= 15 is 0 Å². The molecule has 2 aromatic rings. The van der Waals surface area contributed by atoms with Crippen molar-refractivity contribution in [3.8, 4) is 11.3 Å². The molecule has 1 N–H and O–H groups in total. The number of thiazole rings is 1. The molecule has 3 nitrogen and oxygen atoms in total. The number of benzene rings is 1. The summed E-state index contributed by atoms with van der Waals surface area (Å²) in [6.07, 6.45) is 2.01. The number of rotatable bonds is 3. The van der Waals surface area contributed by atoms with Crippen LogP contribution in [0.5, 0.6) is 0 Å². The molecule has 1 aromatic heterocycles. The summed E-state index contributed by atoms with van der Waals surface area (Å²) in [5, 5.41) is 10.7. The molecule has 0 spiro atoms. The normalized spacial score (nSPS) is 10.3. The van der Waals surface area contributed by atoms with Crippen molar-refractivity contribution in [2.45, 2.75) is 4.90 Å².